The van der Waals surface area contributed by atoms with Crippen molar-refractivity contribution in [3.8, 4) is 0 Å². The van der Waals surface area contributed by atoms with Crippen molar-refractivity contribution in [3.63, 3.8) is 0 Å². The summed E-state index contributed by atoms with van der Waals surface area (Å²) in [6.07, 6.45) is 6.92. The van der Waals surface area contributed by atoms with Crippen LogP contribution in [0.2, 0.25) is 0 Å². The van der Waals surface area contributed by atoms with Gasteiger partial charge in [0, 0.05) is 13.0 Å². The number of amides is 1. The van der Waals surface area contributed by atoms with Gasteiger partial charge in [-0.1, -0.05) is 19.8 Å². The molecule has 0 aromatic carbocycles. The highest BCUT2D eigenvalue weighted by molar-refractivity contribution is 7.13. The number of aromatic nitrogens is 1. The first-order valence-electron chi connectivity index (χ1n) is 8.01. The van der Waals surface area contributed by atoms with Crippen LogP contribution in [0.3, 0.4) is 0 Å². The number of carbonyl (C=O) groups is 1. The van der Waals surface area contributed by atoms with Gasteiger partial charge in [-0.25, -0.2) is 4.98 Å². The minimum Gasteiger partial charge on any atom is -0.464 e. The molecule has 0 saturated carbocycles. The number of furan rings is 1. The molecule has 1 aliphatic heterocycles. The van der Waals surface area contributed by atoms with Gasteiger partial charge in [0.2, 0.25) is 0 Å². The Balaban J connectivity index is 1.88. The summed E-state index contributed by atoms with van der Waals surface area (Å²) >= 11 is 1.47. The van der Waals surface area contributed by atoms with Crippen molar-refractivity contribution in [2.24, 2.45) is 0 Å². The summed E-state index contributed by atoms with van der Waals surface area (Å²) in [7, 11) is 0. The number of hydrogen-bond donors (Lipinski definition) is 0. The third-order valence-electron chi connectivity index (χ3n) is 4.21. The van der Waals surface area contributed by atoms with E-state index in [-0.39, 0.29) is 11.9 Å². The van der Waals surface area contributed by atoms with E-state index in [0.29, 0.717) is 0 Å². The molecule has 0 aliphatic carbocycles. The fourth-order valence-electron chi connectivity index (χ4n) is 3.01. The molecule has 4 nitrogen and oxygen atoms in total. The molecule has 3 rings (SSSR count). The molecule has 1 fully saturated rings. The van der Waals surface area contributed by atoms with E-state index in [1.807, 2.05) is 24.0 Å². The molecule has 1 atom stereocenters. The number of rotatable bonds is 3. The maximum absolute atomic E-state index is 12.9. The summed E-state index contributed by atoms with van der Waals surface area (Å²) in [5.41, 5.74) is 0. The van der Waals surface area contributed by atoms with Gasteiger partial charge in [0.1, 0.15) is 16.4 Å². The fourth-order valence-corrected chi connectivity index (χ4v) is 3.75. The molecule has 2 aromatic rings. The van der Waals surface area contributed by atoms with Gasteiger partial charge < -0.3 is 9.32 Å². The van der Waals surface area contributed by atoms with E-state index in [1.54, 1.807) is 6.20 Å². The minimum atomic E-state index is 0.0534. The molecular formula is C17H22N2O2S. The Hall–Kier alpha value is -1.62. The van der Waals surface area contributed by atoms with Crippen molar-refractivity contribution in [2.45, 2.75) is 52.0 Å². The maximum atomic E-state index is 12.9. The Morgan fingerprint density at radius 3 is 2.95 bits per heavy atom. The first-order chi connectivity index (χ1) is 10.7. The van der Waals surface area contributed by atoms with E-state index < -0.39 is 0 Å². The first kappa shape index (κ1) is 15.3. The molecule has 0 radical (unpaired) electrons. The molecule has 3 heterocycles. The summed E-state index contributed by atoms with van der Waals surface area (Å²) in [5.74, 6) is 2.00. The molecule has 0 bridgehead atoms. The Kier molecular flexibility index (Phi) is 4.62. The highest BCUT2D eigenvalue weighted by atomic mass is 32.1. The van der Waals surface area contributed by atoms with Crippen LogP contribution in [0.1, 0.15) is 64.8 Å². The molecule has 5 heteroatoms. The third-order valence-corrected chi connectivity index (χ3v) is 5.11. The summed E-state index contributed by atoms with van der Waals surface area (Å²) in [4.78, 5) is 19.8. The van der Waals surface area contributed by atoms with Gasteiger partial charge in [-0.2, -0.15) is 0 Å². The highest BCUT2D eigenvalue weighted by Crippen LogP contribution is 2.33. The molecule has 2 aromatic heterocycles. The SMILES string of the molecule is CCc1ccc(C2CCCCCN2C(=O)c2cnc(C)s2)o1. The van der Waals surface area contributed by atoms with E-state index in [0.717, 1.165) is 53.6 Å². The normalized spacial score (nSPS) is 19.2. The second-order valence-electron chi connectivity index (χ2n) is 5.76. The van der Waals surface area contributed by atoms with Gasteiger partial charge in [0.25, 0.3) is 5.91 Å². The van der Waals surface area contributed by atoms with Crippen LogP contribution < -0.4 is 0 Å². The lowest BCUT2D eigenvalue weighted by molar-refractivity contribution is 0.0662. The predicted molar refractivity (Wildman–Crippen MR) is 87.2 cm³/mol. The highest BCUT2D eigenvalue weighted by Gasteiger charge is 2.30. The maximum Gasteiger partial charge on any atom is 0.266 e. The Labute approximate surface area is 135 Å². The molecular weight excluding hydrogens is 296 g/mol. The average molecular weight is 318 g/mol. The second-order valence-corrected chi connectivity index (χ2v) is 7.00. The topological polar surface area (TPSA) is 46.3 Å². The number of likely N-dealkylation sites (tertiary alicyclic amines) is 1. The van der Waals surface area contributed by atoms with Crippen LogP contribution in [-0.2, 0) is 6.42 Å². The van der Waals surface area contributed by atoms with Crippen molar-refractivity contribution in [3.05, 3.63) is 39.7 Å². The van der Waals surface area contributed by atoms with Crippen LogP contribution >= 0.6 is 11.3 Å². The average Bonchev–Trinajstić information content (AvgIpc) is 3.10. The number of thiazole rings is 1. The van der Waals surface area contributed by atoms with Gasteiger partial charge in [-0.05, 0) is 31.9 Å². The van der Waals surface area contributed by atoms with Crippen molar-refractivity contribution in [1.82, 2.24) is 9.88 Å². The van der Waals surface area contributed by atoms with Crippen molar-refractivity contribution in [1.29, 1.82) is 0 Å². The molecule has 1 amide bonds. The van der Waals surface area contributed by atoms with Crippen molar-refractivity contribution >= 4 is 17.2 Å². The summed E-state index contributed by atoms with van der Waals surface area (Å²) in [6.45, 7) is 4.81. The van der Waals surface area contributed by atoms with E-state index in [9.17, 15) is 4.79 Å². The molecule has 22 heavy (non-hydrogen) atoms. The standard InChI is InChI=1S/C17H22N2O2S/c1-3-13-8-9-15(21-13)14-7-5-4-6-10-19(14)17(20)16-11-18-12(2)22-16/h8-9,11,14H,3-7,10H2,1-2H3. The zero-order chi connectivity index (χ0) is 15.5. The smallest absolute Gasteiger partial charge is 0.266 e. The molecule has 1 unspecified atom stereocenters. The van der Waals surface area contributed by atoms with Gasteiger partial charge in [-0.15, -0.1) is 11.3 Å². The Morgan fingerprint density at radius 2 is 2.27 bits per heavy atom. The van der Waals surface area contributed by atoms with Gasteiger partial charge >= 0.3 is 0 Å². The van der Waals surface area contributed by atoms with Gasteiger partial charge in [0.15, 0.2) is 0 Å². The van der Waals surface area contributed by atoms with E-state index >= 15 is 0 Å². The molecule has 118 valence electrons. The molecule has 0 N–H and O–H groups in total. The van der Waals surface area contributed by atoms with Crippen LogP contribution in [0.5, 0.6) is 0 Å². The lowest BCUT2D eigenvalue weighted by Gasteiger charge is -2.28. The lowest BCUT2D eigenvalue weighted by Crippen LogP contribution is -2.34. The van der Waals surface area contributed by atoms with Crippen molar-refractivity contribution < 1.29 is 9.21 Å². The fraction of sp³-hybridized carbons (Fsp3) is 0.529. The van der Waals surface area contributed by atoms with Crippen LogP contribution in [0, 0.1) is 6.92 Å². The summed E-state index contributed by atoms with van der Waals surface area (Å²) in [5, 5.41) is 0.931. The Bertz CT molecular complexity index is 647. The first-order valence-corrected chi connectivity index (χ1v) is 8.82. The van der Waals surface area contributed by atoms with Gasteiger partial charge in [-0.3, -0.25) is 4.79 Å². The zero-order valence-electron chi connectivity index (χ0n) is 13.2. The number of nitrogens with zero attached hydrogens (tertiary/aromatic N) is 2. The minimum absolute atomic E-state index is 0.0534. The zero-order valence-corrected chi connectivity index (χ0v) is 14.0. The molecule has 1 saturated heterocycles. The number of carbonyl (C=O) groups excluding carboxylic acids is 1. The van der Waals surface area contributed by atoms with E-state index in [2.05, 4.69) is 11.9 Å². The summed E-state index contributed by atoms with van der Waals surface area (Å²) in [6, 6.07) is 4.12. The van der Waals surface area contributed by atoms with Crippen LogP contribution in [0.25, 0.3) is 0 Å². The number of hydrogen-bond acceptors (Lipinski definition) is 4. The lowest BCUT2D eigenvalue weighted by atomic mass is 10.1. The number of aryl methyl sites for hydroxylation is 2. The molecule has 1 aliphatic rings. The molecule has 0 spiro atoms. The van der Waals surface area contributed by atoms with Crippen LogP contribution in [-0.4, -0.2) is 22.3 Å². The van der Waals surface area contributed by atoms with Crippen LogP contribution in [0.4, 0.5) is 0 Å². The summed E-state index contributed by atoms with van der Waals surface area (Å²) < 4.78 is 5.94. The van der Waals surface area contributed by atoms with Crippen molar-refractivity contribution in [2.75, 3.05) is 6.54 Å². The van der Waals surface area contributed by atoms with E-state index in [4.69, 9.17) is 4.42 Å². The third kappa shape index (κ3) is 3.09. The predicted octanol–water partition coefficient (Wildman–Crippen LogP) is 4.36. The quantitative estimate of drug-likeness (QED) is 0.844. The second kappa shape index (κ2) is 6.65. The van der Waals surface area contributed by atoms with Crippen LogP contribution in [0.15, 0.2) is 22.7 Å². The largest absolute Gasteiger partial charge is 0.464 e. The Morgan fingerprint density at radius 1 is 1.41 bits per heavy atom. The monoisotopic (exact) mass is 318 g/mol. The van der Waals surface area contributed by atoms with E-state index in [1.165, 1.54) is 17.8 Å². The van der Waals surface area contributed by atoms with Gasteiger partial charge in [0.05, 0.1) is 17.2 Å².